The largest absolute Gasteiger partial charge is 0.504 e. The Labute approximate surface area is 213 Å². The highest BCUT2D eigenvalue weighted by Gasteiger charge is 2.72. The van der Waals surface area contributed by atoms with Crippen molar-refractivity contribution >= 4 is 11.9 Å². The molecule has 2 heterocycles. The van der Waals surface area contributed by atoms with E-state index in [4.69, 9.17) is 14.2 Å². The van der Waals surface area contributed by atoms with Crippen molar-refractivity contribution in [3.63, 3.8) is 0 Å². The molecule has 37 heavy (non-hydrogen) atoms. The van der Waals surface area contributed by atoms with Crippen LogP contribution in [0.3, 0.4) is 0 Å². The van der Waals surface area contributed by atoms with Gasteiger partial charge in [0.05, 0.1) is 11.0 Å². The molecule has 194 valence electrons. The molecular formula is C28H29NO8. The zero-order valence-electron chi connectivity index (χ0n) is 20.6. The lowest BCUT2D eigenvalue weighted by molar-refractivity contribution is -0.178. The maximum Gasteiger partial charge on any atom is 0.357 e. The first-order chi connectivity index (χ1) is 17.7. The fourth-order valence-corrected chi connectivity index (χ4v) is 6.70. The molecule has 2 aliphatic heterocycles. The number of aliphatic hydroxyl groups is 2. The van der Waals surface area contributed by atoms with E-state index < -0.39 is 41.3 Å². The summed E-state index contributed by atoms with van der Waals surface area (Å²) >= 11 is 0. The topological polar surface area (TPSA) is 126 Å². The average Bonchev–Trinajstić information content (AvgIpc) is 3.24. The van der Waals surface area contributed by atoms with E-state index in [2.05, 4.69) is 4.90 Å². The molecule has 6 rings (SSSR count). The summed E-state index contributed by atoms with van der Waals surface area (Å²) in [6, 6.07) is 11.7. The Morgan fingerprint density at radius 2 is 1.92 bits per heavy atom. The zero-order chi connectivity index (χ0) is 26.1. The Morgan fingerprint density at radius 1 is 1.16 bits per heavy atom. The molecule has 0 saturated carbocycles. The Balaban J connectivity index is 1.39. The molecule has 2 aromatic carbocycles. The van der Waals surface area contributed by atoms with Gasteiger partial charge in [-0.3, -0.25) is 0 Å². The van der Waals surface area contributed by atoms with Crippen LogP contribution in [0.2, 0.25) is 0 Å². The van der Waals surface area contributed by atoms with Gasteiger partial charge in [0.15, 0.2) is 17.6 Å². The van der Waals surface area contributed by atoms with Crippen LogP contribution in [0.5, 0.6) is 11.5 Å². The van der Waals surface area contributed by atoms with E-state index in [-0.39, 0.29) is 24.0 Å². The van der Waals surface area contributed by atoms with Crippen molar-refractivity contribution in [1.82, 2.24) is 4.90 Å². The molecule has 6 atom stereocenters. The van der Waals surface area contributed by atoms with Crippen molar-refractivity contribution in [3.8, 4) is 11.5 Å². The van der Waals surface area contributed by atoms with Crippen LogP contribution < -0.4 is 4.74 Å². The summed E-state index contributed by atoms with van der Waals surface area (Å²) in [5.41, 5.74) is 0.0716. The van der Waals surface area contributed by atoms with Gasteiger partial charge in [-0.25, -0.2) is 9.59 Å². The van der Waals surface area contributed by atoms with Crippen molar-refractivity contribution in [3.05, 3.63) is 71.0 Å². The molecule has 1 spiro atoms. The summed E-state index contributed by atoms with van der Waals surface area (Å²) in [5, 5.41) is 32.5. The number of ether oxygens (including phenoxy) is 3. The number of benzene rings is 2. The van der Waals surface area contributed by atoms with Crippen LogP contribution in [0, 0.1) is 0 Å². The predicted octanol–water partition coefficient (Wildman–Crippen LogP) is 1.88. The van der Waals surface area contributed by atoms with E-state index in [1.54, 1.807) is 42.5 Å². The van der Waals surface area contributed by atoms with E-state index >= 15 is 0 Å². The van der Waals surface area contributed by atoms with Gasteiger partial charge in [0.2, 0.25) is 6.10 Å². The molecule has 2 aliphatic carbocycles. The van der Waals surface area contributed by atoms with Crippen molar-refractivity contribution in [2.45, 2.75) is 61.6 Å². The zero-order valence-corrected chi connectivity index (χ0v) is 20.6. The molecule has 2 bridgehead atoms. The summed E-state index contributed by atoms with van der Waals surface area (Å²) in [6.07, 6.45) is -0.638. The quantitative estimate of drug-likeness (QED) is 0.520. The number of rotatable bonds is 5. The van der Waals surface area contributed by atoms with E-state index in [9.17, 15) is 24.9 Å². The lowest BCUT2D eigenvalue weighted by Gasteiger charge is -2.61. The number of likely N-dealkylation sites (tertiary alicyclic amines) is 1. The molecule has 9 nitrogen and oxygen atoms in total. The SMILES string of the molecule is CC(O)C(=O)O[C@H](C(=O)OC1=CC[C@@]2(O)[C@H]3Cc4ccc(O)c5c4[C@@]2(CCN3C)[C@H]1O5)c1ccccc1. The molecule has 0 amide bonds. The normalized spacial score (nSPS) is 30.9. The number of aliphatic hydroxyl groups excluding tert-OH is 1. The minimum atomic E-state index is -1.42. The number of likely N-dealkylation sites (N-methyl/N-ethyl adjacent to an activating group) is 1. The number of phenolic OH excluding ortho intramolecular Hbond substituents is 1. The van der Waals surface area contributed by atoms with Crippen molar-refractivity contribution in [2.75, 3.05) is 13.6 Å². The highest BCUT2D eigenvalue weighted by atomic mass is 16.6. The molecule has 0 radical (unpaired) electrons. The first kappa shape index (κ1) is 24.0. The first-order valence-electron chi connectivity index (χ1n) is 12.5. The lowest BCUT2D eigenvalue weighted by Crippen LogP contribution is -2.74. The average molecular weight is 508 g/mol. The Morgan fingerprint density at radius 3 is 2.65 bits per heavy atom. The number of aromatic hydroxyl groups is 1. The van der Waals surface area contributed by atoms with Crippen molar-refractivity contribution < 1.29 is 39.1 Å². The number of piperidine rings is 1. The van der Waals surface area contributed by atoms with Gasteiger partial charge in [-0.1, -0.05) is 36.4 Å². The van der Waals surface area contributed by atoms with Gasteiger partial charge in [0.25, 0.3) is 0 Å². The van der Waals surface area contributed by atoms with Crippen molar-refractivity contribution in [1.29, 1.82) is 0 Å². The first-order valence-corrected chi connectivity index (χ1v) is 12.5. The van der Waals surface area contributed by atoms with Gasteiger partial charge in [-0.05, 0) is 51.1 Å². The Kier molecular flexibility index (Phi) is 5.38. The number of hydrogen-bond acceptors (Lipinski definition) is 9. The number of esters is 2. The summed E-state index contributed by atoms with van der Waals surface area (Å²) < 4.78 is 17.5. The van der Waals surface area contributed by atoms with Crippen molar-refractivity contribution in [2.24, 2.45) is 0 Å². The molecule has 2 aromatic rings. The molecule has 3 N–H and O–H groups in total. The van der Waals surface area contributed by atoms with Gasteiger partial charge in [0, 0.05) is 23.6 Å². The number of phenols is 1. The number of carbonyl (C=O) groups is 2. The van der Waals surface area contributed by atoms with Crippen LogP contribution >= 0.6 is 0 Å². The smallest absolute Gasteiger partial charge is 0.357 e. The minimum Gasteiger partial charge on any atom is -0.504 e. The van der Waals surface area contributed by atoms with Crippen LogP contribution in [0.4, 0.5) is 0 Å². The Bertz CT molecular complexity index is 1310. The van der Waals surface area contributed by atoms with E-state index in [0.29, 0.717) is 30.7 Å². The fraction of sp³-hybridized carbons (Fsp3) is 0.429. The summed E-state index contributed by atoms with van der Waals surface area (Å²) in [7, 11) is 1.99. The highest BCUT2D eigenvalue weighted by molar-refractivity contribution is 5.83. The van der Waals surface area contributed by atoms with Gasteiger partial charge in [-0.2, -0.15) is 0 Å². The highest BCUT2D eigenvalue weighted by Crippen LogP contribution is 2.65. The van der Waals surface area contributed by atoms with Crippen LogP contribution in [-0.4, -0.2) is 69.6 Å². The van der Waals surface area contributed by atoms with Crippen LogP contribution in [0.1, 0.15) is 42.6 Å². The van der Waals surface area contributed by atoms with Gasteiger partial charge >= 0.3 is 11.9 Å². The van der Waals surface area contributed by atoms with Crippen LogP contribution in [0.25, 0.3) is 0 Å². The third kappa shape index (κ3) is 3.27. The number of hydrogen-bond donors (Lipinski definition) is 3. The Hall–Kier alpha value is -3.40. The second-order valence-corrected chi connectivity index (χ2v) is 10.4. The van der Waals surface area contributed by atoms with E-state index in [1.165, 1.54) is 6.92 Å². The second kappa shape index (κ2) is 8.31. The van der Waals surface area contributed by atoms with E-state index in [0.717, 1.165) is 11.1 Å². The van der Waals surface area contributed by atoms with Gasteiger partial charge in [-0.15, -0.1) is 0 Å². The molecule has 0 aromatic heterocycles. The lowest BCUT2D eigenvalue weighted by atomic mass is 9.50. The van der Waals surface area contributed by atoms with Crippen LogP contribution in [0.15, 0.2) is 54.3 Å². The molecular weight excluding hydrogens is 478 g/mol. The second-order valence-electron chi connectivity index (χ2n) is 10.4. The third-order valence-electron chi connectivity index (χ3n) is 8.46. The third-order valence-corrected chi connectivity index (χ3v) is 8.46. The fourth-order valence-electron chi connectivity index (χ4n) is 6.70. The molecule has 4 aliphatic rings. The maximum absolute atomic E-state index is 13.5. The summed E-state index contributed by atoms with van der Waals surface area (Å²) in [5.74, 6) is -1.32. The molecule has 1 unspecified atom stereocenters. The molecule has 1 fully saturated rings. The van der Waals surface area contributed by atoms with Crippen LogP contribution in [-0.2, 0) is 30.9 Å². The van der Waals surface area contributed by atoms with Gasteiger partial charge < -0.3 is 34.4 Å². The molecule has 9 heteroatoms. The summed E-state index contributed by atoms with van der Waals surface area (Å²) in [4.78, 5) is 27.8. The number of nitrogens with zero attached hydrogens (tertiary/aromatic N) is 1. The standard InChI is InChI=1S/C28H29NO8/c1-15(30)25(32)37-22(16-6-4-3-5-7-16)26(33)35-19-10-11-28(34)20-14-17-8-9-18(31)23-21(17)27(28,24(19)36-23)12-13-29(20)2/h3-10,15,20,22,24,30-31,34H,11-14H2,1-2H3/t15?,20-,22+,24+,27+,28-/m1/s1. The van der Waals surface area contributed by atoms with E-state index in [1.807, 2.05) is 13.1 Å². The van der Waals surface area contributed by atoms with Gasteiger partial charge in [0.1, 0.15) is 11.9 Å². The minimum absolute atomic E-state index is 0.0269. The monoisotopic (exact) mass is 507 g/mol. The maximum atomic E-state index is 13.5. The summed E-state index contributed by atoms with van der Waals surface area (Å²) in [6.45, 7) is 1.95. The molecule has 1 saturated heterocycles. The number of carbonyl (C=O) groups excluding carboxylic acids is 2. The predicted molar refractivity (Wildman–Crippen MR) is 130 cm³/mol.